The van der Waals surface area contributed by atoms with Crippen molar-refractivity contribution in [1.82, 2.24) is 4.90 Å². The van der Waals surface area contributed by atoms with E-state index in [-0.39, 0.29) is 24.4 Å². The topological polar surface area (TPSA) is 38.8 Å². The first kappa shape index (κ1) is 16.5. The van der Waals surface area contributed by atoms with Crippen LogP contribution in [0.15, 0.2) is 48.5 Å². The first-order chi connectivity index (χ1) is 11.6. The molecule has 2 aromatic rings. The molecule has 2 aromatic carbocycles. The Hall–Kier alpha value is -2.40. The summed E-state index contributed by atoms with van der Waals surface area (Å²) in [6.45, 7) is 3.62. The van der Waals surface area contributed by atoms with Crippen LogP contribution >= 0.6 is 0 Å². The number of halogens is 1. The van der Waals surface area contributed by atoms with E-state index in [9.17, 15) is 9.18 Å². The van der Waals surface area contributed by atoms with E-state index in [1.165, 1.54) is 6.07 Å². The van der Waals surface area contributed by atoms with Gasteiger partial charge in [0.1, 0.15) is 12.7 Å². The van der Waals surface area contributed by atoms with Crippen LogP contribution in [-0.4, -0.2) is 43.2 Å². The maximum absolute atomic E-state index is 13.6. The summed E-state index contributed by atoms with van der Waals surface area (Å²) in [5, 5.41) is 0. The Balaban J connectivity index is 1.59. The molecule has 4 nitrogen and oxygen atoms in total. The fourth-order valence-electron chi connectivity index (χ4n) is 2.63. The van der Waals surface area contributed by atoms with Crippen LogP contribution in [0.25, 0.3) is 0 Å². The number of aryl methyl sites for hydroxylation is 1. The molecule has 1 heterocycles. The molecule has 24 heavy (non-hydrogen) atoms. The van der Waals surface area contributed by atoms with Gasteiger partial charge in [-0.1, -0.05) is 29.8 Å². The maximum atomic E-state index is 13.6. The molecule has 5 heteroatoms. The normalized spacial score (nSPS) is 17.6. The van der Waals surface area contributed by atoms with E-state index < -0.39 is 5.82 Å². The number of hydrogen-bond acceptors (Lipinski definition) is 3. The monoisotopic (exact) mass is 329 g/mol. The molecule has 1 fully saturated rings. The van der Waals surface area contributed by atoms with Gasteiger partial charge in [0, 0.05) is 12.1 Å². The summed E-state index contributed by atoms with van der Waals surface area (Å²) in [4.78, 5) is 14.3. The molecule has 0 unspecified atom stereocenters. The quantitative estimate of drug-likeness (QED) is 0.865. The van der Waals surface area contributed by atoms with Crippen LogP contribution in [-0.2, 0) is 4.74 Å². The third-order valence-electron chi connectivity index (χ3n) is 3.99. The van der Waals surface area contributed by atoms with Gasteiger partial charge in [0.2, 0.25) is 0 Å². The van der Waals surface area contributed by atoms with Crippen LogP contribution in [0.2, 0.25) is 0 Å². The summed E-state index contributed by atoms with van der Waals surface area (Å²) < 4.78 is 24.7. The van der Waals surface area contributed by atoms with E-state index >= 15 is 0 Å². The lowest BCUT2D eigenvalue weighted by Gasteiger charge is -2.33. The third-order valence-corrected chi connectivity index (χ3v) is 3.99. The minimum Gasteiger partial charge on any atom is -0.488 e. The highest BCUT2D eigenvalue weighted by Crippen LogP contribution is 2.17. The van der Waals surface area contributed by atoms with Gasteiger partial charge < -0.3 is 14.4 Å². The zero-order chi connectivity index (χ0) is 16.9. The predicted octanol–water partition coefficient (Wildman–Crippen LogP) is 3.05. The molecule has 1 atom stereocenters. The van der Waals surface area contributed by atoms with Gasteiger partial charge in [0.05, 0.1) is 13.2 Å². The van der Waals surface area contributed by atoms with Gasteiger partial charge >= 0.3 is 0 Å². The van der Waals surface area contributed by atoms with Crippen molar-refractivity contribution in [3.05, 3.63) is 65.5 Å². The number of benzene rings is 2. The van der Waals surface area contributed by atoms with E-state index in [0.717, 1.165) is 5.56 Å². The number of ether oxygens (including phenoxy) is 2. The molecule has 1 aliphatic rings. The van der Waals surface area contributed by atoms with E-state index in [4.69, 9.17) is 9.47 Å². The van der Waals surface area contributed by atoms with Crippen LogP contribution in [0, 0.1) is 12.7 Å². The molecule has 0 N–H and O–H groups in total. The summed E-state index contributed by atoms with van der Waals surface area (Å²) in [5.74, 6) is -0.224. The predicted molar refractivity (Wildman–Crippen MR) is 88.7 cm³/mol. The minimum atomic E-state index is -0.402. The van der Waals surface area contributed by atoms with Gasteiger partial charge in [-0.3, -0.25) is 4.79 Å². The van der Waals surface area contributed by atoms with E-state index in [2.05, 4.69) is 0 Å². The Labute approximate surface area is 140 Å². The first-order valence-electron chi connectivity index (χ1n) is 7.98. The number of rotatable bonds is 4. The highest BCUT2D eigenvalue weighted by molar-refractivity contribution is 5.94. The Morgan fingerprint density at radius 3 is 2.75 bits per heavy atom. The molecule has 0 bridgehead atoms. The summed E-state index contributed by atoms with van der Waals surface area (Å²) in [5.41, 5.74) is 1.78. The molecule has 0 aliphatic carbocycles. The number of carbonyl (C=O) groups is 1. The Bertz CT molecular complexity index is 702. The largest absolute Gasteiger partial charge is 0.488 e. The smallest absolute Gasteiger partial charge is 0.254 e. The van der Waals surface area contributed by atoms with Crippen LogP contribution in [0.1, 0.15) is 15.9 Å². The number of amides is 1. The second kappa shape index (κ2) is 7.45. The average Bonchev–Trinajstić information content (AvgIpc) is 2.61. The summed E-state index contributed by atoms with van der Waals surface area (Å²) in [6.07, 6.45) is -0.271. The van der Waals surface area contributed by atoms with Gasteiger partial charge in [-0.05, 0) is 31.2 Å². The number of carbonyl (C=O) groups excluding carboxylic acids is 1. The standard InChI is InChI=1S/C19H20FNO3/c1-14-6-8-15(9-7-14)19(22)21-10-11-23-16(12-21)13-24-18-5-3-2-4-17(18)20/h2-9,16H,10-13H2,1H3/t16-/m0/s1. The van der Waals surface area contributed by atoms with Crippen LogP contribution in [0.3, 0.4) is 0 Å². The number of hydrogen-bond donors (Lipinski definition) is 0. The molecule has 1 saturated heterocycles. The van der Waals surface area contributed by atoms with Crippen molar-refractivity contribution in [2.75, 3.05) is 26.3 Å². The van der Waals surface area contributed by atoms with Gasteiger partial charge in [-0.25, -0.2) is 4.39 Å². The highest BCUT2D eigenvalue weighted by atomic mass is 19.1. The molecule has 1 amide bonds. The van der Waals surface area contributed by atoms with Gasteiger partial charge in [0.15, 0.2) is 11.6 Å². The van der Waals surface area contributed by atoms with Crippen LogP contribution in [0.5, 0.6) is 5.75 Å². The van der Waals surface area contributed by atoms with E-state index in [1.54, 1.807) is 23.1 Å². The molecule has 0 radical (unpaired) electrons. The summed E-state index contributed by atoms with van der Waals surface area (Å²) in [6, 6.07) is 13.8. The lowest BCUT2D eigenvalue weighted by Crippen LogP contribution is -2.47. The SMILES string of the molecule is Cc1ccc(C(=O)N2CCO[C@H](COc3ccccc3F)C2)cc1. The zero-order valence-electron chi connectivity index (χ0n) is 13.6. The number of para-hydroxylation sites is 1. The number of nitrogens with zero attached hydrogens (tertiary/aromatic N) is 1. The lowest BCUT2D eigenvalue weighted by atomic mass is 10.1. The Kier molecular flexibility index (Phi) is 5.11. The Morgan fingerprint density at radius 1 is 1.25 bits per heavy atom. The van der Waals surface area contributed by atoms with Crippen LogP contribution < -0.4 is 4.74 Å². The fourth-order valence-corrected chi connectivity index (χ4v) is 2.63. The van der Waals surface area contributed by atoms with Crippen molar-refractivity contribution in [3.63, 3.8) is 0 Å². The third kappa shape index (κ3) is 3.92. The molecule has 3 rings (SSSR count). The van der Waals surface area contributed by atoms with Crippen molar-refractivity contribution in [2.45, 2.75) is 13.0 Å². The second-order valence-corrected chi connectivity index (χ2v) is 5.85. The van der Waals surface area contributed by atoms with Crippen molar-refractivity contribution in [3.8, 4) is 5.75 Å². The highest BCUT2D eigenvalue weighted by Gasteiger charge is 2.25. The molecule has 0 aromatic heterocycles. The zero-order valence-corrected chi connectivity index (χ0v) is 13.6. The van der Waals surface area contributed by atoms with Crippen molar-refractivity contribution in [2.24, 2.45) is 0 Å². The second-order valence-electron chi connectivity index (χ2n) is 5.85. The van der Waals surface area contributed by atoms with Crippen molar-refractivity contribution in [1.29, 1.82) is 0 Å². The molecular weight excluding hydrogens is 309 g/mol. The lowest BCUT2D eigenvalue weighted by molar-refractivity contribution is -0.0405. The minimum absolute atomic E-state index is 0.0193. The van der Waals surface area contributed by atoms with Crippen molar-refractivity contribution < 1.29 is 18.7 Å². The molecule has 0 spiro atoms. The molecule has 1 aliphatic heterocycles. The summed E-state index contributed by atoms with van der Waals surface area (Å²) in [7, 11) is 0. The average molecular weight is 329 g/mol. The van der Waals surface area contributed by atoms with Crippen molar-refractivity contribution >= 4 is 5.91 Å². The molecule has 126 valence electrons. The maximum Gasteiger partial charge on any atom is 0.254 e. The fraction of sp³-hybridized carbons (Fsp3) is 0.316. The van der Waals surface area contributed by atoms with Gasteiger partial charge in [-0.15, -0.1) is 0 Å². The molecular formula is C19H20FNO3. The summed E-state index contributed by atoms with van der Waals surface area (Å²) >= 11 is 0. The van der Waals surface area contributed by atoms with Gasteiger partial charge in [0.25, 0.3) is 5.91 Å². The van der Waals surface area contributed by atoms with Gasteiger partial charge in [-0.2, -0.15) is 0 Å². The van der Waals surface area contributed by atoms with E-state index in [0.29, 0.717) is 25.3 Å². The van der Waals surface area contributed by atoms with E-state index in [1.807, 2.05) is 31.2 Å². The number of morpholine rings is 1. The van der Waals surface area contributed by atoms with Crippen LogP contribution in [0.4, 0.5) is 4.39 Å². The molecule has 0 saturated carbocycles. The Morgan fingerprint density at radius 2 is 2.00 bits per heavy atom. The first-order valence-corrected chi connectivity index (χ1v) is 7.98.